The predicted octanol–water partition coefficient (Wildman–Crippen LogP) is 5.80. The van der Waals surface area contributed by atoms with Gasteiger partial charge in [-0.2, -0.15) is 0 Å². The van der Waals surface area contributed by atoms with Crippen molar-refractivity contribution in [2.45, 2.75) is 71.8 Å². The molecule has 0 atom stereocenters. The standard InChI is InChI=1S/C28H39N3O2/c1-4-5-7-12-27(32)30-24-13-14-26(25(20-24)28(33)29-21(2)3)31-17-15-23(16-18-31)19-22-10-8-6-9-11-22/h6,8-11,13-14,20-21,23H,4-5,7,12,15-19H2,1-3H3,(H,29,33)(H,30,32). The molecule has 2 aromatic carbocycles. The molecule has 0 unspecified atom stereocenters. The number of benzene rings is 2. The molecule has 0 bridgehead atoms. The van der Waals surface area contributed by atoms with Crippen molar-refractivity contribution in [1.29, 1.82) is 0 Å². The first-order valence-electron chi connectivity index (χ1n) is 12.5. The van der Waals surface area contributed by atoms with Gasteiger partial charge in [0.1, 0.15) is 0 Å². The minimum atomic E-state index is -0.0894. The van der Waals surface area contributed by atoms with Gasteiger partial charge in [-0.05, 0) is 69.2 Å². The van der Waals surface area contributed by atoms with Gasteiger partial charge >= 0.3 is 0 Å². The van der Waals surface area contributed by atoms with Crippen LogP contribution in [0.25, 0.3) is 0 Å². The molecule has 3 rings (SSSR count). The van der Waals surface area contributed by atoms with Crippen LogP contribution >= 0.6 is 0 Å². The van der Waals surface area contributed by atoms with Crippen LogP contribution in [0, 0.1) is 5.92 Å². The van der Waals surface area contributed by atoms with Crippen LogP contribution in [-0.2, 0) is 11.2 Å². The Morgan fingerprint density at radius 2 is 1.76 bits per heavy atom. The second-order valence-corrected chi connectivity index (χ2v) is 9.49. The number of amides is 2. The lowest BCUT2D eigenvalue weighted by Crippen LogP contribution is -2.37. The Morgan fingerprint density at radius 3 is 2.42 bits per heavy atom. The summed E-state index contributed by atoms with van der Waals surface area (Å²) in [6, 6.07) is 16.5. The molecule has 0 aliphatic carbocycles. The zero-order valence-corrected chi connectivity index (χ0v) is 20.4. The summed E-state index contributed by atoms with van der Waals surface area (Å²) in [5.41, 5.74) is 3.67. The van der Waals surface area contributed by atoms with Crippen LogP contribution in [0.3, 0.4) is 0 Å². The van der Waals surface area contributed by atoms with E-state index in [2.05, 4.69) is 52.8 Å². The molecule has 33 heavy (non-hydrogen) atoms. The van der Waals surface area contributed by atoms with Crippen molar-refractivity contribution in [2.24, 2.45) is 5.92 Å². The van der Waals surface area contributed by atoms with Crippen LogP contribution in [0.5, 0.6) is 0 Å². The third-order valence-electron chi connectivity index (χ3n) is 6.27. The van der Waals surface area contributed by atoms with Crippen molar-refractivity contribution in [3.63, 3.8) is 0 Å². The fourth-order valence-electron chi connectivity index (χ4n) is 4.50. The summed E-state index contributed by atoms with van der Waals surface area (Å²) in [6.07, 6.45) is 6.86. The molecule has 178 valence electrons. The number of carbonyl (C=O) groups is 2. The van der Waals surface area contributed by atoms with Gasteiger partial charge in [0.25, 0.3) is 5.91 Å². The molecule has 0 radical (unpaired) electrons. The summed E-state index contributed by atoms with van der Waals surface area (Å²) in [4.78, 5) is 27.6. The first-order chi connectivity index (χ1) is 16.0. The minimum absolute atomic E-state index is 0.00754. The highest BCUT2D eigenvalue weighted by Gasteiger charge is 2.24. The van der Waals surface area contributed by atoms with E-state index in [1.807, 2.05) is 32.0 Å². The maximum absolute atomic E-state index is 13.0. The van der Waals surface area contributed by atoms with Gasteiger partial charge in [-0.3, -0.25) is 9.59 Å². The van der Waals surface area contributed by atoms with Crippen LogP contribution in [0.4, 0.5) is 11.4 Å². The first kappa shape index (κ1) is 24.8. The van der Waals surface area contributed by atoms with Gasteiger partial charge in [0.15, 0.2) is 0 Å². The fourth-order valence-corrected chi connectivity index (χ4v) is 4.50. The number of carbonyl (C=O) groups excluding carboxylic acids is 2. The van der Waals surface area contributed by atoms with Crippen molar-refractivity contribution in [3.05, 3.63) is 59.7 Å². The third kappa shape index (κ3) is 7.62. The Balaban J connectivity index is 1.69. The van der Waals surface area contributed by atoms with Gasteiger partial charge in [-0.25, -0.2) is 0 Å². The number of unbranched alkanes of at least 4 members (excludes halogenated alkanes) is 2. The molecule has 2 N–H and O–H groups in total. The van der Waals surface area contributed by atoms with E-state index in [-0.39, 0.29) is 17.9 Å². The van der Waals surface area contributed by atoms with E-state index in [0.29, 0.717) is 23.6 Å². The van der Waals surface area contributed by atoms with E-state index in [9.17, 15) is 9.59 Å². The van der Waals surface area contributed by atoms with Gasteiger partial charge in [-0.15, -0.1) is 0 Å². The smallest absolute Gasteiger partial charge is 0.253 e. The van der Waals surface area contributed by atoms with Gasteiger partial charge in [-0.1, -0.05) is 50.1 Å². The molecule has 1 aliphatic heterocycles. The highest BCUT2D eigenvalue weighted by molar-refractivity contribution is 6.02. The number of hydrogen-bond acceptors (Lipinski definition) is 3. The topological polar surface area (TPSA) is 61.4 Å². The molecular weight excluding hydrogens is 410 g/mol. The Kier molecular flexibility index (Phi) is 9.35. The van der Waals surface area contributed by atoms with Crippen LogP contribution in [0.1, 0.15) is 75.2 Å². The van der Waals surface area contributed by atoms with Gasteiger partial charge in [0.2, 0.25) is 5.91 Å². The highest BCUT2D eigenvalue weighted by atomic mass is 16.2. The summed E-state index contributed by atoms with van der Waals surface area (Å²) in [6.45, 7) is 7.92. The van der Waals surface area contributed by atoms with E-state index in [1.54, 1.807) is 0 Å². The molecule has 5 nitrogen and oxygen atoms in total. The molecule has 2 amide bonds. The largest absolute Gasteiger partial charge is 0.371 e. The maximum atomic E-state index is 13.0. The summed E-state index contributed by atoms with van der Waals surface area (Å²) in [5.74, 6) is 0.583. The molecule has 1 saturated heterocycles. The highest BCUT2D eigenvalue weighted by Crippen LogP contribution is 2.30. The summed E-state index contributed by atoms with van der Waals surface area (Å²) in [7, 11) is 0. The predicted molar refractivity (Wildman–Crippen MR) is 137 cm³/mol. The average Bonchev–Trinajstić information content (AvgIpc) is 2.80. The summed E-state index contributed by atoms with van der Waals surface area (Å²) >= 11 is 0. The van der Waals surface area contributed by atoms with Crippen LogP contribution in [0.2, 0.25) is 0 Å². The van der Waals surface area contributed by atoms with Crippen molar-refractivity contribution < 1.29 is 9.59 Å². The van der Waals surface area contributed by atoms with E-state index in [0.717, 1.165) is 57.3 Å². The molecule has 1 heterocycles. The lowest BCUT2D eigenvalue weighted by Gasteiger charge is -2.35. The molecule has 2 aromatic rings. The summed E-state index contributed by atoms with van der Waals surface area (Å²) < 4.78 is 0. The summed E-state index contributed by atoms with van der Waals surface area (Å²) in [5, 5.41) is 6.00. The number of nitrogens with zero attached hydrogens (tertiary/aromatic N) is 1. The first-order valence-corrected chi connectivity index (χ1v) is 12.5. The SMILES string of the molecule is CCCCCC(=O)Nc1ccc(N2CCC(Cc3ccccc3)CC2)c(C(=O)NC(C)C)c1. The molecule has 1 aliphatic rings. The van der Waals surface area contributed by atoms with Crippen molar-refractivity contribution in [3.8, 4) is 0 Å². The molecule has 1 fully saturated rings. The number of hydrogen-bond donors (Lipinski definition) is 2. The van der Waals surface area contributed by atoms with Crippen molar-refractivity contribution in [2.75, 3.05) is 23.3 Å². The Labute approximate surface area is 199 Å². The third-order valence-corrected chi connectivity index (χ3v) is 6.27. The van der Waals surface area contributed by atoms with E-state index < -0.39 is 0 Å². The lowest BCUT2D eigenvalue weighted by atomic mass is 9.89. The number of piperidine rings is 1. The molecular formula is C28H39N3O2. The van der Waals surface area contributed by atoms with E-state index in [1.165, 1.54) is 5.56 Å². The fraction of sp³-hybridized carbons (Fsp3) is 0.500. The van der Waals surface area contributed by atoms with Crippen LogP contribution in [-0.4, -0.2) is 30.9 Å². The van der Waals surface area contributed by atoms with Gasteiger partial charge in [0.05, 0.1) is 5.56 Å². The van der Waals surface area contributed by atoms with Crippen LogP contribution in [0.15, 0.2) is 48.5 Å². The maximum Gasteiger partial charge on any atom is 0.253 e. The molecule has 0 spiro atoms. The number of nitrogens with one attached hydrogen (secondary N) is 2. The monoisotopic (exact) mass is 449 g/mol. The molecule has 0 saturated carbocycles. The van der Waals surface area contributed by atoms with Gasteiger partial charge in [0, 0.05) is 36.9 Å². The Morgan fingerprint density at radius 1 is 1.03 bits per heavy atom. The van der Waals surface area contributed by atoms with E-state index >= 15 is 0 Å². The number of anilines is 2. The van der Waals surface area contributed by atoms with Gasteiger partial charge < -0.3 is 15.5 Å². The second-order valence-electron chi connectivity index (χ2n) is 9.49. The Hall–Kier alpha value is -2.82. The zero-order valence-electron chi connectivity index (χ0n) is 20.4. The Bertz CT molecular complexity index is 903. The minimum Gasteiger partial charge on any atom is -0.371 e. The normalized spacial score (nSPS) is 14.4. The quantitative estimate of drug-likeness (QED) is 0.451. The second kappa shape index (κ2) is 12.4. The van der Waals surface area contributed by atoms with Crippen molar-refractivity contribution in [1.82, 2.24) is 5.32 Å². The molecule has 5 heteroatoms. The average molecular weight is 450 g/mol. The van der Waals surface area contributed by atoms with E-state index in [4.69, 9.17) is 0 Å². The lowest BCUT2D eigenvalue weighted by molar-refractivity contribution is -0.116. The zero-order chi connectivity index (χ0) is 23.6. The van der Waals surface area contributed by atoms with Crippen molar-refractivity contribution >= 4 is 23.2 Å². The number of rotatable bonds is 10. The van der Waals surface area contributed by atoms with Crippen LogP contribution < -0.4 is 15.5 Å². The molecule has 0 aromatic heterocycles.